The minimum absolute atomic E-state index is 0.0898. The van der Waals surface area contributed by atoms with Crippen molar-refractivity contribution in [1.29, 1.82) is 0 Å². The number of amides is 1. The van der Waals surface area contributed by atoms with Crippen molar-refractivity contribution < 1.29 is 22.7 Å². The van der Waals surface area contributed by atoms with Gasteiger partial charge in [-0.25, -0.2) is 8.42 Å². The van der Waals surface area contributed by atoms with Crippen LogP contribution in [0.25, 0.3) is 0 Å². The van der Waals surface area contributed by atoms with E-state index in [2.05, 4.69) is 15.9 Å². The second-order valence-corrected chi connectivity index (χ2v) is 9.29. The van der Waals surface area contributed by atoms with Gasteiger partial charge < -0.3 is 14.4 Å². The molecule has 0 atom stereocenters. The van der Waals surface area contributed by atoms with Gasteiger partial charge in [-0.15, -0.1) is 0 Å². The van der Waals surface area contributed by atoms with E-state index in [0.717, 1.165) is 10.2 Å². The summed E-state index contributed by atoms with van der Waals surface area (Å²) < 4.78 is 38.6. The number of carbonyl (C=O) groups is 1. The molecule has 3 rings (SSSR count). The Morgan fingerprint density at radius 1 is 0.931 bits per heavy atom. The van der Waals surface area contributed by atoms with E-state index in [1.807, 2.05) is 6.92 Å². The average Bonchev–Trinajstić information content (AvgIpc) is 2.73. The van der Waals surface area contributed by atoms with Gasteiger partial charge in [0.25, 0.3) is 5.91 Å². The van der Waals surface area contributed by atoms with Crippen molar-refractivity contribution >= 4 is 31.9 Å². The Morgan fingerprint density at radius 3 is 2.03 bits per heavy atom. The lowest BCUT2D eigenvalue weighted by molar-refractivity contribution is -0.134. The third-order valence-corrected chi connectivity index (χ3v) is 6.98. The quantitative estimate of drug-likeness (QED) is 0.606. The molecule has 0 spiro atoms. The topological polar surface area (TPSA) is 76.2 Å². The zero-order valence-corrected chi connectivity index (χ0v) is 18.5. The van der Waals surface area contributed by atoms with Crippen LogP contribution in [0, 0.1) is 0 Å². The molecule has 0 bridgehead atoms. The van der Waals surface area contributed by atoms with Crippen LogP contribution < -0.4 is 9.47 Å². The number of sulfonamides is 1. The molecule has 2 aromatic rings. The van der Waals surface area contributed by atoms with Crippen molar-refractivity contribution in [3.05, 3.63) is 53.0 Å². The molecule has 1 aliphatic heterocycles. The van der Waals surface area contributed by atoms with Crippen LogP contribution in [0.5, 0.6) is 11.5 Å². The van der Waals surface area contributed by atoms with Crippen LogP contribution in [0.3, 0.4) is 0 Å². The van der Waals surface area contributed by atoms with Crippen LogP contribution in [-0.4, -0.2) is 62.9 Å². The van der Waals surface area contributed by atoms with Gasteiger partial charge in [0.15, 0.2) is 6.61 Å². The highest BCUT2D eigenvalue weighted by molar-refractivity contribution is 9.10. The van der Waals surface area contributed by atoms with E-state index in [9.17, 15) is 13.2 Å². The fourth-order valence-electron chi connectivity index (χ4n) is 2.97. The first-order valence-electron chi connectivity index (χ1n) is 9.29. The lowest BCUT2D eigenvalue weighted by atomic mass is 10.3. The minimum Gasteiger partial charge on any atom is -0.494 e. The van der Waals surface area contributed by atoms with Gasteiger partial charge in [0, 0.05) is 30.7 Å². The summed E-state index contributed by atoms with van der Waals surface area (Å²) in [6.07, 6.45) is 0. The Morgan fingerprint density at radius 2 is 1.48 bits per heavy atom. The molecular formula is C20H23BrN2O5S. The Kier molecular flexibility index (Phi) is 7.15. The number of rotatable bonds is 7. The van der Waals surface area contributed by atoms with Gasteiger partial charge in [-0.3, -0.25) is 4.79 Å². The summed E-state index contributed by atoms with van der Waals surface area (Å²) in [5.74, 6) is 1.16. The van der Waals surface area contributed by atoms with Crippen molar-refractivity contribution in [2.45, 2.75) is 11.8 Å². The molecule has 1 saturated heterocycles. The van der Waals surface area contributed by atoms with E-state index < -0.39 is 10.0 Å². The van der Waals surface area contributed by atoms with Crippen molar-refractivity contribution in [3.63, 3.8) is 0 Å². The van der Waals surface area contributed by atoms with Crippen LogP contribution >= 0.6 is 15.9 Å². The highest BCUT2D eigenvalue weighted by Gasteiger charge is 2.30. The maximum absolute atomic E-state index is 12.7. The predicted molar refractivity (Wildman–Crippen MR) is 113 cm³/mol. The molecule has 29 heavy (non-hydrogen) atoms. The van der Waals surface area contributed by atoms with Gasteiger partial charge in [0.2, 0.25) is 10.0 Å². The zero-order chi connectivity index (χ0) is 20.9. The number of hydrogen-bond acceptors (Lipinski definition) is 5. The first kappa shape index (κ1) is 21.6. The van der Waals surface area contributed by atoms with Gasteiger partial charge in [0.1, 0.15) is 11.5 Å². The molecule has 0 saturated carbocycles. The molecular weight excluding hydrogens is 460 g/mol. The number of carbonyl (C=O) groups excluding carboxylic acids is 1. The van der Waals surface area contributed by atoms with Crippen molar-refractivity contribution in [2.24, 2.45) is 0 Å². The summed E-state index contributed by atoms with van der Waals surface area (Å²) in [6, 6.07) is 13.6. The van der Waals surface area contributed by atoms with Crippen LogP contribution in [0.2, 0.25) is 0 Å². The fourth-order valence-corrected chi connectivity index (χ4v) is 4.66. The molecule has 1 amide bonds. The monoisotopic (exact) mass is 482 g/mol. The van der Waals surface area contributed by atoms with Gasteiger partial charge >= 0.3 is 0 Å². The lowest BCUT2D eigenvalue weighted by Gasteiger charge is -2.34. The average molecular weight is 483 g/mol. The molecule has 156 valence electrons. The Balaban J connectivity index is 1.50. The van der Waals surface area contributed by atoms with Crippen LogP contribution in [0.15, 0.2) is 57.9 Å². The normalized spacial score (nSPS) is 15.2. The molecule has 7 nitrogen and oxygen atoms in total. The van der Waals surface area contributed by atoms with Crippen LogP contribution in [-0.2, 0) is 14.8 Å². The smallest absolute Gasteiger partial charge is 0.260 e. The number of ether oxygens (including phenoxy) is 2. The van der Waals surface area contributed by atoms with Gasteiger partial charge in [0.05, 0.1) is 11.5 Å². The van der Waals surface area contributed by atoms with Gasteiger partial charge in [-0.2, -0.15) is 4.31 Å². The second kappa shape index (κ2) is 9.60. The maximum Gasteiger partial charge on any atom is 0.260 e. The number of piperazine rings is 1. The number of nitrogens with zero attached hydrogens (tertiary/aromatic N) is 2. The minimum atomic E-state index is -3.56. The third kappa shape index (κ3) is 5.49. The molecule has 0 N–H and O–H groups in total. The highest BCUT2D eigenvalue weighted by atomic mass is 79.9. The summed E-state index contributed by atoms with van der Waals surface area (Å²) in [4.78, 5) is 14.3. The third-order valence-electron chi connectivity index (χ3n) is 4.54. The number of hydrogen-bond donors (Lipinski definition) is 0. The predicted octanol–water partition coefficient (Wildman–Crippen LogP) is 2.76. The summed E-state index contributed by atoms with van der Waals surface area (Å²) in [5, 5.41) is 0. The van der Waals surface area contributed by atoms with Crippen molar-refractivity contribution in [3.8, 4) is 11.5 Å². The largest absolute Gasteiger partial charge is 0.494 e. The Hall–Kier alpha value is -2.10. The van der Waals surface area contributed by atoms with Gasteiger partial charge in [-0.05, 0) is 55.5 Å². The first-order valence-corrected chi connectivity index (χ1v) is 11.5. The van der Waals surface area contributed by atoms with Crippen molar-refractivity contribution in [1.82, 2.24) is 9.21 Å². The van der Waals surface area contributed by atoms with Crippen LogP contribution in [0.4, 0.5) is 0 Å². The Bertz CT molecular complexity index is 924. The first-order chi connectivity index (χ1) is 13.9. The molecule has 2 aromatic carbocycles. The molecule has 0 radical (unpaired) electrons. The lowest BCUT2D eigenvalue weighted by Crippen LogP contribution is -2.51. The van der Waals surface area contributed by atoms with E-state index in [-0.39, 0.29) is 30.5 Å². The fraction of sp³-hybridized carbons (Fsp3) is 0.350. The number of benzene rings is 2. The van der Waals surface area contributed by atoms with E-state index in [1.54, 1.807) is 53.4 Å². The SMILES string of the molecule is CCOc1ccc(OCC(=O)N2CCN(S(=O)(=O)c3ccc(Br)cc3)CC2)cc1. The summed E-state index contributed by atoms with van der Waals surface area (Å²) in [6.45, 7) is 3.59. The summed E-state index contributed by atoms with van der Waals surface area (Å²) in [7, 11) is -3.56. The van der Waals surface area contributed by atoms with E-state index in [1.165, 1.54) is 4.31 Å². The van der Waals surface area contributed by atoms with E-state index in [0.29, 0.717) is 25.4 Å². The summed E-state index contributed by atoms with van der Waals surface area (Å²) >= 11 is 3.30. The zero-order valence-electron chi connectivity index (χ0n) is 16.1. The van der Waals surface area contributed by atoms with Crippen molar-refractivity contribution in [2.75, 3.05) is 39.4 Å². The maximum atomic E-state index is 12.7. The second-order valence-electron chi connectivity index (χ2n) is 6.43. The molecule has 1 fully saturated rings. The molecule has 1 aliphatic rings. The van der Waals surface area contributed by atoms with Crippen LogP contribution in [0.1, 0.15) is 6.92 Å². The number of halogens is 1. The highest BCUT2D eigenvalue weighted by Crippen LogP contribution is 2.21. The molecule has 0 unspecified atom stereocenters. The standard InChI is InChI=1S/C20H23BrN2O5S/c1-2-27-17-5-7-18(8-6-17)28-15-20(24)22-11-13-23(14-12-22)29(25,26)19-9-3-16(21)4-10-19/h3-10H,2,11-15H2,1H3. The van der Waals surface area contributed by atoms with E-state index >= 15 is 0 Å². The van der Waals surface area contributed by atoms with Gasteiger partial charge in [-0.1, -0.05) is 15.9 Å². The molecule has 0 aromatic heterocycles. The molecule has 1 heterocycles. The summed E-state index contributed by atoms with van der Waals surface area (Å²) in [5.41, 5.74) is 0. The Labute approximate surface area is 179 Å². The molecule has 0 aliphatic carbocycles. The van der Waals surface area contributed by atoms with E-state index in [4.69, 9.17) is 9.47 Å². The molecule has 9 heteroatoms.